The van der Waals surface area contributed by atoms with Crippen LogP contribution in [0.5, 0.6) is 5.88 Å². The molecule has 0 aliphatic carbocycles. The van der Waals surface area contributed by atoms with Crippen LogP contribution < -0.4 is 4.74 Å². The number of aromatic nitrogens is 3. The molecule has 2 aromatic heterocycles. The Kier molecular flexibility index (Phi) is 3.70. The number of methoxy groups -OCH3 is 1. The summed E-state index contributed by atoms with van der Waals surface area (Å²) < 4.78 is 6.78. The number of nitrogens with zero attached hydrogens (tertiary/aromatic N) is 3. The fourth-order valence-corrected chi connectivity index (χ4v) is 2.28. The van der Waals surface area contributed by atoms with E-state index in [0.717, 1.165) is 28.8 Å². The van der Waals surface area contributed by atoms with Gasteiger partial charge < -0.3 is 4.74 Å². The van der Waals surface area contributed by atoms with E-state index in [1.165, 1.54) is 0 Å². The molecule has 0 aliphatic rings. The van der Waals surface area contributed by atoms with Crippen LogP contribution in [0.1, 0.15) is 16.1 Å². The predicted molar refractivity (Wildman–Crippen MR) is 83.5 cm³/mol. The Morgan fingerprint density at radius 2 is 2.05 bits per heavy atom. The Morgan fingerprint density at radius 1 is 1.18 bits per heavy atom. The zero-order chi connectivity index (χ0) is 15.5. The van der Waals surface area contributed by atoms with Crippen LogP contribution in [0.25, 0.3) is 16.9 Å². The second kappa shape index (κ2) is 5.81. The highest BCUT2D eigenvalue weighted by Gasteiger charge is 2.12. The molecule has 0 fully saturated rings. The molecular formula is C17H15N3O2. The molecule has 3 rings (SSSR count). The fourth-order valence-electron chi connectivity index (χ4n) is 2.28. The van der Waals surface area contributed by atoms with E-state index >= 15 is 0 Å². The molecule has 110 valence electrons. The molecule has 0 saturated carbocycles. The number of benzene rings is 1. The SMILES string of the molecule is COc1ccc(-n2nc(C=O)cc2-c2cccc(C)c2)cn1. The van der Waals surface area contributed by atoms with Gasteiger partial charge in [-0.05, 0) is 25.1 Å². The number of pyridine rings is 1. The van der Waals surface area contributed by atoms with Gasteiger partial charge in [-0.15, -0.1) is 0 Å². The van der Waals surface area contributed by atoms with Gasteiger partial charge >= 0.3 is 0 Å². The topological polar surface area (TPSA) is 57.0 Å². The van der Waals surface area contributed by atoms with Gasteiger partial charge in [0.25, 0.3) is 0 Å². The molecule has 5 nitrogen and oxygen atoms in total. The summed E-state index contributed by atoms with van der Waals surface area (Å²) >= 11 is 0. The second-order valence-electron chi connectivity index (χ2n) is 4.91. The van der Waals surface area contributed by atoms with Crippen LogP contribution in [-0.2, 0) is 0 Å². The normalized spacial score (nSPS) is 10.5. The number of carbonyl (C=O) groups excluding carboxylic acids is 1. The van der Waals surface area contributed by atoms with Crippen LogP contribution in [0.3, 0.4) is 0 Å². The summed E-state index contributed by atoms with van der Waals surface area (Å²) in [6, 6.07) is 13.4. The van der Waals surface area contributed by atoms with Gasteiger partial charge in [0.15, 0.2) is 6.29 Å². The standard InChI is InChI=1S/C17H15N3O2/c1-12-4-3-5-13(8-12)16-9-14(11-21)19-20(16)15-6-7-17(22-2)18-10-15/h3-11H,1-2H3. The van der Waals surface area contributed by atoms with Crippen molar-refractivity contribution in [3.8, 4) is 22.8 Å². The lowest BCUT2D eigenvalue weighted by Gasteiger charge is -2.08. The van der Waals surface area contributed by atoms with Crippen LogP contribution in [0.2, 0.25) is 0 Å². The van der Waals surface area contributed by atoms with Gasteiger partial charge in [0.2, 0.25) is 5.88 Å². The van der Waals surface area contributed by atoms with Gasteiger partial charge in [0.1, 0.15) is 5.69 Å². The summed E-state index contributed by atoms with van der Waals surface area (Å²) in [4.78, 5) is 15.3. The zero-order valence-corrected chi connectivity index (χ0v) is 12.4. The van der Waals surface area contributed by atoms with Crippen molar-refractivity contribution < 1.29 is 9.53 Å². The molecule has 0 amide bonds. The van der Waals surface area contributed by atoms with E-state index in [1.54, 1.807) is 30.1 Å². The average Bonchev–Trinajstić information content (AvgIpc) is 2.99. The van der Waals surface area contributed by atoms with Crippen molar-refractivity contribution >= 4 is 6.29 Å². The lowest BCUT2D eigenvalue weighted by Crippen LogP contribution is -2.01. The van der Waals surface area contributed by atoms with E-state index in [-0.39, 0.29) is 0 Å². The molecule has 3 aromatic rings. The lowest BCUT2D eigenvalue weighted by molar-refractivity contribution is 0.111. The lowest BCUT2D eigenvalue weighted by atomic mass is 10.1. The number of hydrogen-bond acceptors (Lipinski definition) is 4. The third kappa shape index (κ3) is 2.61. The molecule has 22 heavy (non-hydrogen) atoms. The monoisotopic (exact) mass is 293 g/mol. The van der Waals surface area contributed by atoms with Gasteiger partial charge in [0.05, 0.1) is 24.7 Å². The van der Waals surface area contributed by atoms with Crippen molar-refractivity contribution in [3.63, 3.8) is 0 Å². The van der Waals surface area contributed by atoms with E-state index in [0.29, 0.717) is 11.6 Å². The van der Waals surface area contributed by atoms with Gasteiger partial charge in [0, 0.05) is 11.6 Å². The van der Waals surface area contributed by atoms with Gasteiger partial charge in [-0.25, -0.2) is 9.67 Å². The number of ether oxygens (including phenoxy) is 1. The number of hydrogen-bond donors (Lipinski definition) is 0. The average molecular weight is 293 g/mol. The minimum Gasteiger partial charge on any atom is -0.481 e. The molecule has 0 aliphatic heterocycles. The van der Waals surface area contributed by atoms with Crippen LogP contribution in [0.4, 0.5) is 0 Å². The summed E-state index contributed by atoms with van der Waals surface area (Å²) in [6.45, 7) is 2.03. The van der Waals surface area contributed by atoms with Crippen molar-refractivity contribution in [2.45, 2.75) is 6.92 Å². The first-order chi connectivity index (χ1) is 10.7. The van der Waals surface area contributed by atoms with Crippen molar-refractivity contribution in [3.05, 3.63) is 59.9 Å². The van der Waals surface area contributed by atoms with Gasteiger partial charge in [-0.3, -0.25) is 4.79 Å². The Bertz CT molecular complexity index is 807. The molecule has 0 bridgehead atoms. The summed E-state index contributed by atoms with van der Waals surface area (Å²) in [5.74, 6) is 0.531. The van der Waals surface area contributed by atoms with Crippen molar-refractivity contribution in [2.24, 2.45) is 0 Å². The summed E-state index contributed by atoms with van der Waals surface area (Å²) in [6.07, 6.45) is 2.41. The third-order valence-corrected chi connectivity index (χ3v) is 3.34. The third-order valence-electron chi connectivity index (χ3n) is 3.34. The van der Waals surface area contributed by atoms with Crippen molar-refractivity contribution in [1.82, 2.24) is 14.8 Å². The Balaban J connectivity index is 2.14. The van der Waals surface area contributed by atoms with Crippen molar-refractivity contribution in [1.29, 1.82) is 0 Å². The minimum atomic E-state index is 0.382. The van der Waals surface area contributed by atoms with E-state index in [2.05, 4.69) is 16.1 Å². The Morgan fingerprint density at radius 3 is 2.68 bits per heavy atom. The first-order valence-corrected chi connectivity index (χ1v) is 6.84. The largest absolute Gasteiger partial charge is 0.481 e. The van der Waals surface area contributed by atoms with E-state index in [1.807, 2.05) is 31.2 Å². The molecule has 0 radical (unpaired) electrons. The summed E-state index contributed by atoms with van der Waals surface area (Å²) in [7, 11) is 1.57. The first-order valence-electron chi connectivity index (χ1n) is 6.84. The maximum absolute atomic E-state index is 11.1. The molecule has 1 aromatic carbocycles. The number of rotatable bonds is 4. The van der Waals surface area contributed by atoms with E-state index in [9.17, 15) is 4.79 Å². The number of carbonyl (C=O) groups is 1. The van der Waals surface area contributed by atoms with Crippen LogP contribution in [0.15, 0.2) is 48.7 Å². The quantitative estimate of drug-likeness (QED) is 0.694. The molecule has 5 heteroatoms. The maximum atomic E-state index is 11.1. The molecule has 0 unspecified atom stereocenters. The number of aryl methyl sites for hydroxylation is 1. The predicted octanol–water partition coefficient (Wildman–Crippen LogP) is 3.06. The molecule has 0 spiro atoms. The molecular weight excluding hydrogens is 278 g/mol. The maximum Gasteiger partial charge on any atom is 0.213 e. The van der Waals surface area contributed by atoms with Crippen LogP contribution >= 0.6 is 0 Å². The Hall–Kier alpha value is -2.95. The van der Waals surface area contributed by atoms with Gasteiger partial charge in [-0.1, -0.05) is 23.8 Å². The molecule has 2 heterocycles. The highest BCUT2D eigenvalue weighted by atomic mass is 16.5. The van der Waals surface area contributed by atoms with Gasteiger partial charge in [-0.2, -0.15) is 5.10 Å². The van der Waals surface area contributed by atoms with Crippen molar-refractivity contribution in [2.75, 3.05) is 7.11 Å². The molecule has 0 atom stereocenters. The van der Waals surface area contributed by atoms with Crippen LogP contribution in [-0.4, -0.2) is 28.2 Å². The first kappa shape index (κ1) is 14.0. The molecule has 0 saturated heterocycles. The Labute approximate surface area is 128 Å². The minimum absolute atomic E-state index is 0.382. The summed E-state index contributed by atoms with van der Waals surface area (Å²) in [5, 5.41) is 4.33. The zero-order valence-electron chi connectivity index (χ0n) is 12.4. The second-order valence-corrected chi connectivity index (χ2v) is 4.91. The molecule has 0 N–H and O–H groups in total. The smallest absolute Gasteiger partial charge is 0.213 e. The highest BCUT2D eigenvalue weighted by Crippen LogP contribution is 2.24. The summed E-state index contributed by atoms with van der Waals surface area (Å²) in [5.41, 5.74) is 4.14. The highest BCUT2D eigenvalue weighted by molar-refractivity contribution is 5.76. The number of aldehydes is 1. The fraction of sp³-hybridized carbons (Fsp3) is 0.118. The van der Waals surface area contributed by atoms with Crippen LogP contribution in [0, 0.1) is 6.92 Å². The van der Waals surface area contributed by atoms with E-state index in [4.69, 9.17) is 4.74 Å². The van der Waals surface area contributed by atoms with E-state index < -0.39 is 0 Å².